The fraction of sp³-hybridized carbons (Fsp3) is 0.100. The molecule has 0 aliphatic carbocycles. The molecule has 27 heavy (non-hydrogen) atoms. The Hall–Kier alpha value is -3.25. The molecule has 6 nitrogen and oxygen atoms in total. The summed E-state index contributed by atoms with van der Waals surface area (Å²) < 4.78 is 5.21. The second-order valence-electron chi connectivity index (χ2n) is 6.11. The van der Waals surface area contributed by atoms with Gasteiger partial charge in [-0.3, -0.25) is 4.79 Å². The smallest absolute Gasteiger partial charge is 0.323 e. The first kappa shape index (κ1) is 17.2. The first-order valence-electron chi connectivity index (χ1n) is 8.42. The highest BCUT2D eigenvalue weighted by atomic mass is 35.5. The average Bonchev–Trinajstić information content (AvgIpc) is 3.32. The van der Waals surface area contributed by atoms with E-state index in [-0.39, 0.29) is 11.9 Å². The number of anilines is 3. The Balaban J connectivity index is 1.49. The molecule has 1 aliphatic heterocycles. The molecule has 0 bridgehead atoms. The summed E-state index contributed by atoms with van der Waals surface area (Å²) in [5.74, 6) is 0.100. The molecule has 2 heterocycles. The van der Waals surface area contributed by atoms with Crippen molar-refractivity contribution >= 4 is 40.6 Å². The Labute approximate surface area is 160 Å². The average molecular weight is 382 g/mol. The monoisotopic (exact) mass is 381 g/mol. The lowest BCUT2D eigenvalue weighted by atomic mass is 10.1. The number of hydrogen-bond donors (Lipinski definition) is 2. The number of carbonyl (C=O) groups is 2. The number of carbonyl (C=O) groups excluding carboxylic acids is 2. The number of hydrogen-bond acceptors (Lipinski definition) is 3. The molecule has 1 aromatic heterocycles. The van der Waals surface area contributed by atoms with E-state index >= 15 is 0 Å². The highest BCUT2D eigenvalue weighted by Crippen LogP contribution is 2.32. The van der Waals surface area contributed by atoms with Gasteiger partial charge in [-0.25, -0.2) is 4.79 Å². The standard InChI is InChI=1S/C20H16ClN3O3/c21-14-4-7-15(8-5-14)22-20(26)23-16-6-3-13-9-10-24(17(13)12-16)19(25)18-2-1-11-27-18/h1-8,11-12H,9-10H2,(H2,22,23,26). The fourth-order valence-electron chi connectivity index (χ4n) is 3.03. The van der Waals surface area contributed by atoms with Gasteiger partial charge < -0.3 is 20.0 Å². The lowest BCUT2D eigenvalue weighted by molar-refractivity contribution is 0.0963. The maximum atomic E-state index is 12.6. The molecule has 0 spiro atoms. The van der Waals surface area contributed by atoms with E-state index in [2.05, 4.69) is 10.6 Å². The van der Waals surface area contributed by atoms with Gasteiger partial charge in [-0.05, 0) is 60.5 Å². The number of benzene rings is 2. The molecule has 3 amide bonds. The zero-order valence-electron chi connectivity index (χ0n) is 14.2. The van der Waals surface area contributed by atoms with Gasteiger partial charge in [0.05, 0.1) is 6.26 Å². The highest BCUT2D eigenvalue weighted by molar-refractivity contribution is 6.30. The van der Waals surface area contributed by atoms with Gasteiger partial charge in [-0.2, -0.15) is 0 Å². The Morgan fingerprint density at radius 3 is 2.48 bits per heavy atom. The van der Waals surface area contributed by atoms with Crippen molar-refractivity contribution in [2.45, 2.75) is 6.42 Å². The van der Waals surface area contributed by atoms with Gasteiger partial charge in [0, 0.05) is 28.6 Å². The number of fused-ring (bicyclic) bond motifs is 1. The van der Waals surface area contributed by atoms with E-state index in [0.29, 0.717) is 28.7 Å². The minimum atomic E-state index is -0.376. The van der Waals surface area contributed by atoms with Gasteiger partial charge in [0.15, 0.2) is 5.76 Å². The van der Waals surface area contributed by atoms with Crippen molar-refractivity contribution < 1.29 is 14.0 Å². The van der Waals surface area contributed by atoms with Crippen molar-refractivity contribution in [3.8, 4) is 0 Å². The molecule has 0 fully saturated rings. The van der Waals surface area contributed by atoms with Gasteiger partial charge in [-0.1, -0.05) is 17.7 Å². The summed E-state index contributed by atoms with van der Waals surface area (Å²) in [5, 5.41) is 6.12. The zero-order chi connectivity index (χ0) is 18.8. The zero-order valence-corrected chi connectivity index (χ0v) is 15.0. The van der Waals surface area contributed by atoms with Crippen LogP contribution in [0.25, 0.3) is 0 Å². The summed E-state index contributed by atoms with van der Waals surface area (Å²) in [6.45, 7) is 0.579. The van der Waals surface area contributed by atoms with E-state index in [1.807, 2.05) is 12.1 Å². The third-order valence-electron chi connectivity index (χ3n) is 4.32. The summed E-state index contributed by atoms with van der Waals surface area (Å²) in [6.07, 6.45) is 2.24. The quantitative estimate of drug-likeness (QED) is 0.685. The summed E-state index contributed by atoms with van der Waals surface area (Å²) in [4.78, 5) is 26.5. The molecular formula is C20H16ClN3O3. The van der Waals surface area contributed by atoms with Crippen LogP contribution >= 0.6 is 11.6 Å². The molecule has 3 aromatic rings. The number of rotatable bonds is 3. The van der Waals surface area contributed by atoms with Crippen molar-refractivity contribution in [3.63, 3.8) is 0 Å². The van der Waals surface area contributed by atoms with Gasteiger partial charge in [-0.15, -0.1) is 0 Å². The Kier molecular flexibility index (Phi) is 4.56. The van der Waals surface area contributed by atoms with Crippen LogP contribution in [-0.2, 0) is 6.42 Å². The molecule has 4 rings (SSSR count). The van der Waals surface area contributed by atoms with Crippen LogP contribution < -0.4 is 15.5 Å². The molecular weight excluding hydrogens is 366 g/mol. The van der Waals surface area contributed by atoms with Crippen LogP contribution in [0.2, 0.25) is 5.02 Å². The number of urea groups is 1. The molecule has 2 aromatic carbocycles. The molecule has 2 N–H and O–H groups in total. The molecule has 0 saturated heterocycles. The third-order valence-corrected chi connectivity index (χ3v) is 4.57. The lowest BCUT2D eigenvalue weighted by Crippen LogP contribution is -2.28. The maximum Gasteiger partial charge on any atom is 0.323 e. The minimum absolute atomic E-state index is 0.193. The number of amides is 3. The van der Waals surface area contributed by atoms with Crippen LogP contribution in [0, 0.1) is 0 Å². The SMILES string of the molecule is O=C(Nc1ccc(Cl)cc1)Nc1ccc2c(c1)N(C(=O)c1ccco1)CC2. The fourth-order valence-corrected chi connectivity index (χ4v) is 3.15. The molecule has 1 aliphatic rings. The number of halogens is 1. The van der Waals surface area contributed by atoms with E-state index in [1.165, 1.54) is 6.26 Å². The minimum Gasteiger partial charge on any atom is -0.459 e. The number of furan rings is 1. The van der Waals surface area contributed by atoms with Crippen LogP contribution in [0.4, 0.5) is 21.9 Å². The van der Waals surface area contributed by atoms with Gasteiger partial charge in [0.1, 0.15) is 0 Å². The second kappa shape index (κ2) is 7.17. The van der Waals surface area contributed by atoms with Crippen LogP contribution in [0.1, 0.15) is 16.1 Å². The van der Waals surface area contributed by atoms with Crippen LogP contribution in [0.15, 0.2) is 65.3 Å². The van der Waals surface area contributed by atoms with E-state index in [9.17, 15) is 9.59 Å². The first-order valence-corrected chi connectivity index (χ1v) is 8.80. The van der Waals surface area contributed by atoms with Crippen molar-refractivity contribution in [2.75, 3.05) is 22.1 Å². The number of nitrogens with one attached hydrogen (secondary N) is 2. The maximum absolute atomic E-state index is 12.6. The molecule has 0 atom stereocenters. The van der Waals surface area contributed by atoms with Crippen molar-refractivity contribution in [3.05, 3.63) is 77.2 Å². The molecule has 7 heteroatoms. The van der Waals surface area contributed by atoms with Gasteiger partial charge >= 0.3 is 6.03 Å². The van der Waals surface area contributed by atoms with E-state index in [1.54, 1.807) is 47.4 Å². The van der Waals surface area contributed by atoms with Crippen LogP contribution in [0.3, 0.4) is 0 Å². The third kappa shape index (κ3) is 3.66. The van der Waals surface area contributed by atoms with E-state index < -0.39 is 0 Å². The van der Waals surface area contributed by atoms with Crippen molar-refractivity contribution in [1.29, 1.82) is 0 Å². The molecule has 0 radical (unpaired) electrons. The Morgan fingerprint density at radius 1 is 1.00 bits per heavy atom. The topological polar surface area (TPSA) is 74.6 Å². The molecule has 136 valence electrons. The molecule has 0 saturated carbocycles. The largest absolute Gasteiger partial charge is 0.459 e. The summed E-state index contributed by atoms with van der Waals surface area (Å²) in [5.41, 5.74) is 3.06. The van der Waals surface area contributed by atoms with Crippen molar-refractivity contribution in [2.24, 2.45) is 0 Å². The summed E-state index contributed by atoms with van der Waals surface area (Å²) >= 11 is 5.84. The Morgan fingerprint density at radius 2 is 1.74 bits per heavy atom. The summed E-state index contributed by atoms with van der Waals surface area (Å²) in [7, 11) is 0. The number of nitrogens with zero attached hydrogens (tertiary/aromatic N) is 1. The van der Waals surface area contributed by atoms with Gasteiger partial charge in [0.2, 0.25) is 0 Å². The second-order valence-corrected chi connectivity index (χ2v) is 6.55. The van der Waals surface area contributed by atoms with E-state index in [4.69, 9.17) is 16.0 Å². The summed E-state index contributed by atoms with van der Waals surface area (Å²) in [6, 6.07) is 15.3. The Bertz CT molecular complexity index is 984. The first-order chi connectivity index (χ1) is 13.1. The molecule has 0 unspecified atom stereocenters. The van der Waals surface area contributed by atoms with Gasteiger partial charge in [0.25, 0.3) is 5.91 Å². The highest BCUT2D eigenvalue weighted by Gasteiger charge is 2.27. The van der Waals surface area contributed by atoms with E-state index in [0.717, 1.165) is 17.7 Å². The van der Waals surface area contributed by atoms with Crippen LogP contribution in [-0.4, -0.2) is 18.5 Å². The predicted molar refractivity (Wildman–Crippen MR) is 105 cm³/mol. The van der Waals surface area contributed by atoms with Crippen molar-refractivity contribution in [1.82, 2.24) is 0 Å². The predicted octanol–water partition coefficient (Wildman–Crippen LogP) is 4.78. The van der Waals surface area contributed by atoms with Crippen LogP contribution in [0.5, 0.6) is 0 Å². The normalized spacial score (nSPS) is 12.6. The lowest BCUT2D eigenvalue weighted by Gasteiger charge is -2.17.